The number of aliphatic imine (C=N–C) groups is 1. The van der Waals surface area contributed by atoms with Gasteiger partial charge in [0.25, 0.3) is 11.8 Å². The molecule has 2 aromatic carbocycles. The fourth-order valence-electron chi connectivity index (χ4n) is 3.80. The molecule has 158 valence electrons. The number of fused-ring (bicyclic) bond motifs is 1. The Labute approximate surface area is 180 Å². The molecule has 0 aliphatic carbocycles. The van der Waals surface area contributed by atoms with Gasteiger partial charge in [-0.25, -0.2) is 4.99 Å². The molecule has 0 bridgehead atoms. The molecule has 0 fully saturated rings. The van der Waals surface area contributed by atoms with Gasteiger partial charge in [0.15, 0.2) is 11.5 Å². The van der Waals surface area contributed by atoms with Gasteiger partial charge in [-0.1, -0.05) is 36.4 Å². The maximum absolute atomic E-state index is 13.6. The Morgan fingerprint density at radius 3 is 2.55 bits per heavy atom. The number of hydrogen-bond acceptors (Lipinski definition) is 5. The number of amidine groups is 1. The maximum Gasteiger partial charge on any atom is 0.281 e. The number of carbonyl (C=O) groups is 2. The highest BCUT2D eigenvalue weighted by Crippen LogP contribution is 2.36. The number of nitrogens with zero attached hydrogens (tertiary/aromatic N) is 2. The van der Waals surface area contributed by atoms with Crippen LogP contribution in [-0.4, -0.2) is 42.4 Å². The van der Waals surface area contributed by atoms with Crippen LogP contribution in [0, 0.1) is 0 Å². The van der Waals surface area contributed by atoms with Crippen LogP contribution in [-0.2, 0) is 11.2 Å². The van der Waals surface area contributed by atoms with Crippen molar-refractivity contribution in [3.8, 4) is 11.5 Å². The average Bonchev–Trinajstić information content (AvgIpc) is 3.07. The first-order valence-electron chi connectivity index (χ1n) is 9.85. The van der Waals surface area contributed by atoms with Gasteiger partial charge in [-0.3, -0.25) is 14.5 Å². The number of rotatable bonds is 6. The van der Waals surface area contributed by atoms with E-state index in [4.69, 9.17) is 14.5 Å². The molecule has 0 saturated heterocycles. The highest BCUT2D eigenvalue weighted by Gasteiger charge is 2.50. The van der Waals surface area contributed by atoms with Crippen molar-refractivity contribution < 1.29 is 19.1 Å². The molecule has 7 heteroatoms. The van der Waals surface area contributed by atoms with Crippen LogP contribution in [0.15, 0.2) is 77.4 Å². The smallest absolute Gasteiger partial charge is 0.281 e. The zero-order valence-corrected chi connectivity index (χ0v) is 17.6. The van der Waals surface area contributed by atoms with Gasteiger partial charge in [0.2, 0.25) is 5.66 Å². The molecule has 2 heterocycles. The molecular formula is C24H23N3O4. The fraction of sp³-hybridized carbons (Fsp3) is 0.208. The van der Waals surface area contributed by atoms with Crippen LogP contribution in [0.2, 0.25) is 0 Å². The zero-order valence-electron chi connectivity index (χ0n) is 17.6. The van der Waals surface area contributed by atoms with Crippen LogP contribution in [0.4, 0.5) is 0 Å². The monoisotopic (exact) mass is 417 g/mol. The molecule has 0 aromatic heterocycles. The second kappa shape index (κ2) is 8.10. The molecule has 1 atom stereocenters. The van der Waals surface area contributed by atoms with Crippen LogP contribution < -0.4 is 14.8 Å². The van der Waals surface area contributed by atoms with Crippen molar-refractivity contribution in [2.75, 3.05) is 14.2 Å². The van der Waals surface area contributed by atoms with Crippen molar-refractivity contribution in [1.82, 2.24) is 10.2 Å². The van der Waals surface area contributed by atoms with Gasteiger partial charge in [-0.2, -0.15) is 0 Å². The predicted molar refractivity (Wildman–Crippen MR) is 117 cm³/mol. The number of carbonyl (C=O) groups excluding carboxylic acids is 2. The molecule has 4 rings (SSSR count). The maximum atomic E-state index is 13.6. The third-order valence-corrected chi connectivity index (χ3v) is 5.32. The van der Waals surface area contributed by atoms with Gasteiger partial charge in [0.05, 0.1) is 14.2 Å². The van der Waals surface area contributed by atoms with Crippen LogP contribution in [0.3, 0.4) is 0 Å². The molecule has 0 saturated carbocycles. The Morgan fingerprint density at radius 1 is 1.10 bits per heavy atom. The van der Waals surface area contributed by atoms with Crippen molar-refractivity contribution in [2.45, 2.75) is 19.0 Å². The third-order valence-electron chi connectivity index (χ3n) is 5.32. The highest BCUT2D eigenvalue weighted by molar-refractivity contribution is 6.17. The highest BCUT2D eigenvalue weighted by atomic mass is 16.5. The molecule has 0 spiro atoms. The standard InChI is InChI=1S/C24H23N3O4/c1-16-9-8-14-27-21(16)25-24(23(27)29,26-22(28)17-10-5-4-6-11-17)15-18-12-7-13-19(30-2)20(18)31-3/h4-14H,15H2,1-3H3,(H,26,28)/t24-/m1/s1. The van der Waals surface area contributed by atoms with Gasteiger partial charge in [-0.15, -0.1) is 0 Å². The summed E-state index contributed by atoms with van der Waals surface area (Å²) in [7, 11) is 3.09. The molecule has 7 nitrogen and oxygen atoms in total. The third kappa shape index (κ3) is 3.59. The van der Waals surface area contributed by atoms with Gasteiger partial charge in [0.1, 0.15) is 5.84 Å². The molecule has 1 N–H and O–H groups in total. The van der Waals surface area contributed by atoms with E-state index in [1.165, 1.54) is 12.0 Å². The molecule has 31 heavy (non-hydrogen) atoms. The number of hydrogen-bond donors (Lipinski definition) is 1. The first-order valence-corrected chi connectivity index (χ1v) is 9.85. The number of allylic oxidation sites excluding steroid dienone is 2. The summed E-state index contributed by atoms with van der Waals surface area (Å²) in [6.45, 7) is 1.88. The van der Waals surface area contributed by atoms with E-state index in [1.54, 1.807) is 49.7 Å². The summed E-state index contributed by atoms with van der Waals surface area (Å²) in [6, 6.07) is 14.2. The largest absolute Gasteiger partial charge is 0.493 e. The minimum absolute atomic E-state index is 0.103. The molecule has 2 amide bonds. The zero-order chi connectivity index (χ0) is 22.0. The topological polar surface area (TPSA) is 80.2 Å². The van der Waals surface area contributed by atoms with Crippen molar-refractivity contribution in [1.29, 1.82) is 0 Å². The Morgan fingerprint density at radius 2 is 1.87 bits per heavy atom. The summed E-state index contributed by atoms with van der Waals surface area (Å²) in [6.07, 6.45) is 5.43. The number of ether oxygens (including phenoxy) is 2. The minimum atomic E-state index is -1.52. The second-order valence-corrected chi connectivity index (χ2v) is 7.31. The average molecular weight is 417 g/mol. The molecule has 0 radical (unpaired) electrons. The predicted octanol–water partition coefficient (Wildman–Crippen LogP) is 3.09. The summed E-state index contributed by atoms with van der Waals surface area (Å²) in [4.78, 5) is 32.9. The van der Waals surface area contributed by atoms with Gasteiger partial charge in [0, 0.05) is 23.7 Å². The summed E-state index contributed by atoms with van der Waals surface area (Å²) >= 11 is 0. The van der Waals surface area contributed by atoms with E-state index in [0.717, 1.165) is 5.57 Å². The summed E-state index contributed by atoms with van der Waals surface area (Å²) in [5.74, 6) is 0.837. The number of amides is 2. The Balaban J connectivity index is 1.80. The van der Waals surface area contributed by atoms with E-state index in [1.807, 2.05) is 31.2 Å². The lowest BCUT2D eigenvalue weighted by atomic mass is 9.97. The summed E-state index contributed by atoms with van der Waals surface area (Å²) in [5.41, 5.74) is 0.453. The Hall–Kier alpha value is -3.87. The second-order valence-electron chi connectivity index (χ2n) is 7.31. The Bertz CT molecular complexity index is 1120. The van der Waals surface area contributed by atoms with Crippen LogP contribution in [0.5, 0.6) is 11.5 Å². The summed E-state index contributed by atoms with van der Waals surface area (Å²) < 4.78 is 11.0. The minimum Gasteiger partial charge on any atom is -0.493 e. The Kier molecular flexibility index (Phi) is 5.33. The van der Waals surface area contributed by atoms with Crippen LogP contribution in [0.1, 0.15) is 22.8 Å². The first kappa shape index (κ1) is 20.4. The molecule has 2 aliphatic heterocycles. The van der Waals surface area contributed by atoms with E-state index in [-0.39, 0.29) is 18.2 Å². The van der Waals surface area contributed by atoms with Gasteiger partial charge < -0.3 is 14.8 Å². The quantitative estimate of drug-likeness (QED) is 0.783. The lowest BCUT2D eigenvalue weighted by Crippen LogP contribution is -2.55. The number of benzene rings is 2. The number of nitrogens with one attached hydrogen (secondary N) is 1. The number of methoxy groups -OCH3 is 2. The van der Waals surface area contributed by atoms with E-state index in [9.17, 15) is 9.59 Å². The van der Waals surface area contributed by atoms with E-state index in [0.29, 0.717) is 28.5 Å². The lowest BCUT2D eigenvalue weighted by molar-refractivity contribution is -0.130. The molecule has 2 aliphatic rings. The van der Waals surface area contributed by atoms with Gasteiger partial charge in [-0.05, 0) is 36.8 Å². The van der Waals surface area contributed by atoms with E-state index < -0.39 is 5.66 Å². The van der Waals surface area contributed by atoms with E-state index >= 15 is 0 Å². The first-order chi connectivity index (χ1) is 15.0. The normalized spacial score (nSPS) is 19.5. The summed E-state index contributed by atoms with van der Waals surface area (Å²) in [5, 5.41) is 2.90. The van der Waals surface area contributed by atoms with Crippen molar-refractivity contribution in [3.63, 3.8) is 0 Å². The van der Waals surface area contributed by atoms with Crippen LogP contribution >= 0.6 is 0 Å². The number of para-hydroxylation sites is 1. The van der Waals surface area contributed by atoms with E-state index in [2.05, 4.69) is 5.32 Å². The molecular weight excluding hydrogens is 394 g/mol. The van der Waals surface area contributed by atoms with Gasteiger partial charge >= 0.3 is 0 Å². The SMILES string of the molecule is COc1cccc(C[C@]2(NC(=O)c3ccccc3)N=C3C(C)=CC=CN3C2=O)c1OC. The van der Waals surface area contributed by atoms with Crippen LogP contribution in [0.25, 0.3) is 0 Å². The van der Waals surface area contributed by atoms with Crippen molar-refractivity contribution >= 4 is 17.6 Å². The fourth-order valence-corrected chi connectivity index (χ4v) is 3.80. The molecule has 2 aromatic rings. The van der Waals surface area contributed by atoms with Crippen molar-refractivity contribution in [3.05, 3.63) is 83.6 Å². The van der Waals surface area contributed by atoms with Crippen molar-refractivity contribution in [2.24, 2.45) is 4.99 Å². The molecule has 0 unspecified atom stereocenters. The lowest BCUT2D eigenvalue weighted by Gasteiger charge is -2.27.